The van der Waals surface area contributed by atoms with Crippen LogP contribution in [-0.4, -0.2) is 44.0 Å². The van der Waals surface area contributed by atoms with Gasteiger partial charge in [-0.1, -0.05) is 28.1 Å². The maximum absolute atomic E-state index is 12.3. The summed E-state index contributed by atoms with van der Waals surface area (Å²) in [4.78, 5) is 12.3. The van der Waals surface area contributed by atoms with Gasteiger partial charge in [-0.15, -0.1) is 0 Å². The number of benzene rings is 1. The first-order valence-corrected chi connectivity index (χ1v) is 9.45. The largest absolute Gasteiger partial charge is 0.353 e. The molecule has 1 unspecified atom stereocenters. The maximum Gasteiger partial charge on any atom is 0.244 e. The van der Waals surface area contributed by atoms with Crippen LogP contribution < -0.4 is 11.1 Å². The van der Waals surface area contributed by atoms with Crippen LogP contribution in [-0.2, 0) is 20.4 Å². The van der Waals surface area contributed by atoms with E-state index >= 15 is 0 Å². The van der Waals surface area contributed by atoms with Crippen LogP contribution in [0.15, 0.2) is 28.7 Å². The molecule has 2 rings (SSSR count). The van der Waals surface area contributed by atoms with E-state index in [0.29, 0.717) is 18.5 Å². The summed E-state index contributed by atoms with van der Waals surface area (Å²) in [6.07, 6.45) is 0.643. The number of carbonyl (C=O) groups excluding carboxylic acids is 1. The molecule has 0 saturated carbocycles. The molecule has 0 spiro atoms. The van der Waals surface area contributed by atoms with Crippen LogP contribution >= 0.6 is 15.9 Å². The summed E-state index contributed by atoms with van der Waals surface area (Å²) in [5.41, 5.74) is 5.65. The van der Waals surface area contributed by atoms with Gasteiger partial charge in [0.2, 0.25) is 15.9 Å². The highest BCUT2D eigenvalue weighted by Gasteiger charge is 2.31. The van der Waals surface area contributed by atoms with Crippen LogP contribution in [0.25, 0.3) is 0 Å². The zero-order valence-electron chi connectivity index (χ0n) is 12.4. The average Bonchev–Trinajstić information content (AvgIpc) is 2.78. The highest BCUT2D eigenvalue weighted by Crippen LogP contribution is 2.20. The standard InChI is InChI=1S/C14H20BrN3O3S/c1-14(16,11-3-5-12(15)6-4-11)13(19)17-7-9-18-8-2-10-22(18,20)21/h3-6H,2,7-10,16H2,1H3,(H,17,19). The molecule has 6 nitrogen and oxygen atoms in total. The Morgan fingerprint density at radius 1 is 1.41 bits per heavy atom. The van der Waals surface area contributed by atoms with Crippen LogP contribution in [0.5, 0.6) is 0 Å². The predicted molar refractivity (Wildman–Crippen MR) is 88.7 cm³/mol. The van der Waals surface area contributed by atoms with Crippen molar-refractivity contribution >= 4 is 31.9 Å². The predicted octanol–water partition coefficient (Wildman–Crippen LogP) is 0.775. The molecule has 1 atom stereocenters. The molecule has 1 saturated heterocycles. The van der Waals surface area contributed by atoms with Crippen molar-refractivity contribution in [3.8, 4) is 0 Å². The molecule has 122 valence electrons. The van der Waals surface area contributed by atoms with Crippen LogP contribution in [0.2, 0.25) is 0 Å². The van der Waals surface area contributed by atoms with E-state index < -0.39 is 15.6 Å². The quantitative estimate of drug-likeness (QED) is 0.777. The van der Waals surface area contributed by atoms with Crippen molar-refractivity contribution in [3.05, 3.63) is 34.3 Å². The summed E-state index contributed by atoms with van der Waals surface area (Å²) < 4.78 is 25.7. The van der Waals surface area contributed by atoms with Gasteiger partial charge < -0.3 is 11.1 Å². The van der Waals surface area contributed by atoms with Crippen molar-refractivity contribution in [2.24, 2.45) is 5.73 Å². The highest BCUT2D eigenvalue weighted by molar-refractivity contribution is 9.10. The minimum absolute atomic E-state index is 0.189. The Bertz CT molecular complexity index is 644. The maximum atomic E-state index is 12.3. The number of rotatable bonds is 5. The fourth-order valence-corrected chi connectivity index (χ4v) is 4.14. The number of carbonyl (C=O) groups is 1. The summed E-state index contributed by atoms with van der Waals surface area (Å²) in [5, 5.41) is 2.72. The second-order valence-corrected chi connectivity index (χ2v) is 8.54. The fraction of sp³-hybridized carbons (Fsp3) is 0.500. The van der Waals surface area contributed by atoms with Crippen LogP contribution in [0.1, 0.15) is 18.9 Å². The Balaban J connectivity index is 1.92. The number of amides is 1. The Morgan fingerprint density at radius 2 is 2.05 bits per heavy atom. The number of hydrogen-bond acceptors (Lipinski definition) is 4. The molecule has 1 aliphatic rings. The van der Waals surface area contributed by atoms with Gasteiger partial charge in [-0.25, -0.2) is 12.7 Å². The zero-order chi connectivity index (χ0) is 16.4. The molecule has 8 heteroatoms. The minimum Gasteiger partial charge on any atom is -0.353 e. The third-order valence-corrected chi connectivity index (χ3v) is 6.25. The fourth-order valence-electron chi connectivity index (χ4n) is 2.35. The molecule has 1 fully saturated rings. The number of nitrogens with zero attached hydrogens (tertiary/aromatic N) is 1. The highest BCUT2D eigenvalue weighted by atomic mass is 79.9. The number of sulfonamides is 1. The first-order valence-electron chi connectivity index (χ1n) is 7.04. The zero-order valence-corrected chi connectivity index (χ0v) is 14.8. The lowest BCUT2D eigenvalue weighted by Crippen LogP contribution is -2.50. The number of nitrogens with two attached hydrogens (primary N) is 1. The van der Waals surface area contributed by atoms with Gasteiger partial charge in [0.25, 0.3) is 0 Å². The molecule has 0 radical (unpaired) electrons. The van der Waals surface area contributed by atoms with Crippen molar-refractivity contribution in [3.63, 3.8) is 0 Å². The van der Waals surface area contributed by atoms with E-state index in [9.17, 15) is 13.2 Å². The third-order valence-electron chi connectivity index (χ3n) is 3.77. The summed E-state index contributed by atoms with van der Waals surface area (Å²) in [6.45, 7) is 2.69. The lowest BCUT2D eigenvalue weighted by Gasteiger charge is -2.25. The topological polar surface area (TPSA) is 92.5 Å². The van der Waals surface area contributed by atoms with Gasteiger partial charge in [0.15, 0.2) is 0 Å². The molecule has 1 aromatic carbocycles. The van der Waals surface area contributed by atoms with E-state index in [-0.39, 0.29) is 24.7 Å². The van der Waals surface area contributed by atoms with E-state index in [2.05, 4.69) is 21.2 Å². The second-order valence-electron chi connectivity index (χ2n) is 5.53. The van der Waals surface area contributed by atoms with E-state index in [1.165, 1.54) is 4.31 Å². The molecule has 1 heterocycles. The van der Waals surface area contributed by atoms with Gasteiger partial charge in [-0.3, -0.25) is 4.79 Å². The first kappa shape index (κ1) is 17.4. The van der Waals surface area contributed by atoms with Crippen molar-refractivity contribution < 1.29 is 13.2 Å². The van der Waals surface area contributed by atoms with E-state index in [4.69, 9.17) is 5.73 Å². The SMILES string of the molecule is CC(N)(C(=O)NCCN1CCCS1(=O)=O)c1ccc(Br)cc1. The van der Waals surface area contributed by atoms with Gasteiger partial charge >= 0.3 is 0 Å². The van der Waals surface area contributed by atoms with Gasteiger partial charge in [0.05, 0.1) is 5.75 Å². The van der Waals surface area contributed by atoms with Crippen molar-refractivity contribution in [2.45, 2.75) is 18.9 Å². The molecule has 0 aliphatic carbocycles. The van der Waals surface area contributed by atoms with Gasteiger partial charge in [0, 0.05) is 24.1 Å². The molecular formula is C14H20BrN3O3S. The molecule has 3 N–H and O–H groups in total. The van der Waals surface area contributed by atoms with E-state index in [1.54, 1.807) is 19.1 Å². The van der Waals surface area contributed by atoms with Gasteiger partial charge in [0.1, 0.15) is 5.54 Å². The lowest BCUT2D eigenvalue weighted by atomic mass is 9.92. The lowest BCUT2D eigenvalue weighted by molar-refractivity contribution is -0.126. The molecular weight excluding hydrogens is 370 g/mol. The Kier molecular flexibility index (Phi) is 5.26. The molecule has 1 aliphatic heterocycles. The molecule has 0 bridgehead atoms. The van der Waals surface area contributed by atoms with Crippen LogP contribution in [0, 0.1) is 0 Å². The average molecular weight is 390 g/mol. The summed E-state index contributed by atoms with van der Waals surface area (Å²) >= 11 is 3.34. The van der Waals surface area contributed by atoms with Gasteiger partial charge in [-0.05, 0) is 31.0 Å². The third kappa shape index (κ3) is 3.87. The van der Waals surface area contributed by atoms with Gasteiger partial charge in [-0.2, -0.15) is 0 Å². The second kappa shape index (κ2) is 6.66. The monoisotopic (exact) mass is 389 g/mol. The Morgan fingerprint density at radius 3 is 2.59 bits per heavy atom. The molecule has 1 aromatic rings. The van der Waals surface area contributed by atoms with Crippen molar-refractivity contribution in [2.75, 3.05) is 25.4 Å². The Labute approximate surface area is 139 Å². The number of nitrogens with one attached hydrogen (secondary N) is 1. The normalized spacial score (nSPS) is 20.5. The summed E-state index contributed by atoms with van der Waals surface area (Å²) in [6, 6.07) is 7.22. The van der Waals surface area contributed by atoms with Crippen LogP contribution in [0.3, 0.4) is 0 Å². The van der Waals surface area contributed by atoms with Crippen LogP contribution in [0.4, 0.5) is 0 Å². The summed E-state index contributed by atoms with van der Waals surface area (Å²) in [5.74, 6) is -0.138. The molecule has 22 heavy (non-hydrogen) atoms. The number of hydrogen-bond donors (Lipinski definition) is 2. The summed E-state index contributed by atoms with van der Waals surface area (Å²) in [7, 11) is -3.13. The minimum atomic E-state index is -3.13. The number of halogens is 1. The van der Waals surface area contributed by atoms with E-state index in [0.717, 1.165) is 4.47 Å². The smallest absolute Gasteiger partial charge is 0.244 e. The van der Waals surface area contributed by atoms with Crippen molar-refractivity contribution in [1.29, 1.82) is 0 Å². The van der Waals surface area contributed by atoms with E-state index in [1.807, 2.05) is 12.1 Å². The molecule has 1 amide bonds. The van der Waals surface area contributed by atoms with Crippen molar-refractivity contribution in [1.82, 2.24) is 9.62 Å². The Hall–Kier alpha value is -0.960. The first-order chi connectivity index (χ1) is 10.2. The molecule has 0 aromatic heterocycles.